The third-order valence-electron chi connectivity index (χ3n) is 2.97. The quantitative estimate of drug-likeness (QED) is 0.617. The molecular weight excluding hydrogens is 273 g/mol. The molecule has 0 radical (unpaired) electrons. The van der Waals surface area contributed by atoms with Crippen molar-refractivity contribution in [1.29, 1.82) is 0 Å². The minimum Gasteiger partial charge on any atom is -0.389 e. The van der Waals surface area contributed by atoms with Crippen LogP contribution in [-0.2, 0) is 9.47 Å². The van der Waals surface area contributed by atoms with E-state index >= 15 is 0 Å². The van der Waals surface area contributed by atoms with Crippen LogP contribution in [0.5, 0.6) is 0 Å². The Hall–Kier alpha value is -1.17. The third-order valence-corrected chi connectivity index (χ3v) is 2.97. The molecule has 0 aromatic heterocycles. The molecule has 0 bridgehead atoms. The van der Waals surface area contributed by atoms with Gasteiger partial charge in [-0.05, 0) is 31.0 Å². The van der Waals surface area contributed by atoms with E-state index in [0.29, 0.717) is 18.9 Å². The largest absolute Gasteiger partial charge is 0.389 e. The first-order valence-electron chi connectivity index (χ1n) is 7.47. The first kappa shape index (κ1) is 17.9. The summed E-state index contributed by atoms with van der Waals surface area (Å²) < 4.78 is 24.1. The zero-order chi connectivity index (χ0) is 15.5. The maximum Gasteiger partial charge on any atom is 0.146 e. The summed E-state index contributed by atoms with van der Waals surface area (Å²) in [5, 5.41) is 12.6. The summed E-state index contributed by atoms with van der Waals surface area (Å²) >= 11 is 0. The van der Waals surface area contributed by atoms with Crippen LogP contribution in [0.1, 0.15) is 25.3 Å². The van der Waals surface area contributed by atoms with Crippen molar-refractivity contribution in [2.24, 2.45) is 0 Å². The van der Waals surface area contributed by atoms with Crippen LogP contribution in [0.2, 0.25) is 0 Å². The Balaban J connectivity index is 2.11. The van der Waals surface area contributed by atoms with Crippen LogP contribution in [0.4, 0.5) is 10.1 Å². The van der Waals surface area contributed by atoms with E-state index in [9.17, 15) is 9.50 Å². The number of aliphatic hydroxyl groups excluding tert-OH is 1. The summed E-state index contributed by atoms with van der Waals surface area (Å²) in [4.78, 5) is 0. The van der Waals surface area contributed by atoms with Gasteiger partial charge >= 0.3 is 0 Å². The highest BCUT2D eigenvalue weighted by molar-refractivity contribution is 5.47. The molecule has 0 saturated heterocycles. The second-order valence-electron chi connectivity index (χ2n) is 5.06. The Morgan fingerprint density at radius 2 is 2.00 bits per heavy atom. The lowest BCUT2D eigenvalue weighted by Crippen LogP contribution is -2.26. The van der Waals surface area contributed by atoms with Crippen LogP contribution < -0.4 is 5.32 Å². The molecule has 0 fully saturated rings. The summed E-state index contributed by atoms with van der Waals surface area (Å²) in [5.41, 5.74) is 1.37. The van der Waals surface area contributed by atoms with Gasteiger partial charge in [0.15, 0.2) is 0 Å². The lowest BCUT2D eigenvalue weighted by molar-refractivity contribution is 0.00748. The topological polar surface area (TPSA) is 50.7 Å². The normalized spacial score (nSPS) is 12.4. The maximum absolute atomic E-state index is 13.5. The fourth-order valence-corrected chi connectivity index (χ4v) is 1.75. The van der Waals surface area contributed by atoms with Crippen molar-refractivity contribution in [3.8, 4) is 0 Å². The van der Waals surface area contributed by atoms with Gasteiger partial charge in [-0.15, -0.1) is 0 Å². The maximum atomic E-state index is 13.5. The first-order chi connectivity index (χ1) is 10.1. The molecule has 0 aliphatic carbocycles. The molecule has 0 aliphatic heterocycles. The summed E-state index contributed by atoms with van der Waals surface area (Å²) in [7, 11) is 0. The van der Waals surface area contributed by atoms with Gasteiger partial charge < -0.3 is 19.9 Å². The van der Waals surface area contributed by atoms with Crippen molar-refractivity contribution in [3.05, 3.63) is 29.6 Å². The number of hydrogen-bond acceptors (Lipinski definition) is 4. The third kappa shape index (κ3) is 7.99. The molecule has 1 rings (SSSR count). The van der Waals surface area contributed by atoms with Crippen molar-refractivity contribution >= 4 is 5.69 Å². The van der Waals surface area contributed by atoms with Gasteiger partial charge in [-0.3, -0.25) is 0 Å². The number of halogens is 1. The van der Waals surface area contributed by atoms with Gasteiger partial charge in [0.1, 0.15) is 5.82 Å². The van der Waals surface area contributed by atoms with E-state index in [1.54, 1.807) is 12.1 Å². The SMILES string of the molecule is CCCCOCCOCC(O)CNc1cc(C)ccc1F. The number of rotatable bonds is 11. The number of unbranched alkanes of at least 4 members (excludes halogenated alkanes) is 1. The Bertz CT molecular complexity index is 401. The Morgan fingerprint density at radius 1 is 1.24 bits per heavy atom. The van der Waals surface area contributed by atoms with Crippen molar-refractivity contribution in [1.82, 2.24) is 0 Å². The molecule has 1 aromatic rings. The van der Waals surface area contributed by atoms with E-state index in [2.05, 4.69) is 12.2 Å². The molecular formula is C16H26FNO3. The first-order valence-corrected chi connectivity index (χ1v) is 7.47. The van der Waals surface area contributed by atoms with E-state index < -0.39 is 6.10 Å². The highest BCUT2D eigenvalue weighted by Gasteiger charge is 2.07. The minimum absolute atomic E-state index is 0.206. The van der Waals surface area contributed by atoms with Gasteiger partial charge in [0, 0.05) is 13.2 Å². The van der Waals surface area contributed by atoms with Crippen molar-refractivity contribution in [3.63, 3.8) is 0 Å². The standard InChI is InChI=1S/C16H26FNO3/c1-3-4-7-20-8-9-21-12-14(19)11-18-16-10-13(2)5-6-15(16)17/h5-6,10,14,18-19H,3-4,7-9,11-12H2,1-2H3. The van der Waals surface area contributed by atoms with Crippen LogP contribution in [0, 0.1) is 12.7 Å². The number of nitrogens with one attached hydrogen (secondary N) is 1. The number of ether oxygens (including phenoxy) is 2. The molecule has 21 heavy (non-hydrogen) atoms. The molecule has 0 spiro atoms. The van der Waals surface area contributed by atoms with Crippen molar-refractivity contribution < 1.29 is 19.0 Å². The van der Waals surface area contributed by atoms with Crippen LogP contribution in [0.3, 0.4) is 0 Å². The van der Waals surface area contributed by atoms with Gasteiger partial charge in [0.2, 0.25) is 0 Å². The average molecular weight is 299 g/mol. The highest BCUT2D eigenvalue weighted by Crippen LogP contribution is 2.15. The van der Waals surface area contributed by atoms with Gasteiger partial charge in [0.05, 0.1) is 31.6 Å². The molecule has 2 N–H and O–H groups in total. The number of anilines is 1. The average Bonchev–Trinajstić information content (AvgIpc) is 2.47. The molecule has 0 saturated carbocycles. The number of hydrogen-bond donors (Lipinski definition) is 2. The van der Waals surface area contributed by atoms with Gasteiger partial charge in [0.25, 0.3) is 0 Å². The van der Waals surface area contributed by atoms with E-state index in [1.165, 1.54) is 6.07 Å². The monoisotopic (exact) mass is 299 g/mol. The summed E-state index contributed by atoms with van der Waals surface area (Å²) in [6.45, 7) is 6.19. The lowest BCUT2D eigenvalue weighted by atomic mass is 10.2. The van der Waals surface area contributed by atoms with Crippen LogP contribution in [0.15, 0.2) is 18.2 Å². The van der Waals surface area contributed by atoms with Gasteiger partial charge in [-0.2, -0.15) is 0 Å². The smallest absolute Gasteiger partial charge is 0.146 e. The highest BCUT2D eigenvalue weighted by atomic mass is 19.1. The second-order valence-corrected chi connectivity index (χ2v) is 5.06. The van der Waals surface area contributed by atoms with Gasteiger partial charge in [-0.25, -0.2) is 4.39 Å². The van der Waals surface area contributed by atoms with Crippen molar-refractivity contribution in [2.45, 2.75) is 32.8 Å². The predicted molar refractivity (Wildman–Crippen MR) is 82.2 cm³/mol. The van der Waals surface area contributed by atoms with Crippen LogP contribution >= 0.6 is 0 Å². The molecule has 4 nitrogen and oxygen atoms in total. The summed E-state index contributed by atoms with van der Waals surface area (Å²) in [6, 6.07) is 4.83. The number of aliphatic hydroxyl groups is 1. The summed E-state index contributed by atoms with van der Waals surface area (Å²) in [6.07, 6.45) is 1.48. The van der Waals surface area contributed by atoms with E-state index in [0.717, 1.165) is 25.0 Å². The number of benzene rings is 1. The Morgan fingerprint density at radius 3 is 2.76 bits per heavy atom. The van der Waals surface area contributed by atoms with Gasteiger partial charge in [-0.1, -0.05) is 19.4 Å². The lowest BCUT2D eigenvalue weighted by Gasteiger charge is -2.14. The molecule has 1 unspecified atom stereocenters. The fraction of sp³-hybridized carbons (Fsp3) is 0.625. The van der Waals surface area contributed by atoms with E-state index in [1.807, 2.05) is 6.92 Å². The van der Waals surface area contributed by atoms with Crippen LogP contribution in [-0.4, -0.2) is 44.2 Å². The zero-order valence-electron chi connectivity index (χ0n) is 12.9. The van der Waals surface area contributed by atoms with E-state index in [-0.39, 0.29) is 19.0 Å². The molecule has 5 heteroatoms. The fourth-order valence-electron chi connectivity index (χ4n) is 1.75. The molecule has 0 amide bonds. The van der Waals surface area contributed by atoms with Crippen molar-refractivity contribution in [2.75, 3.05) is 38.3 Å². The molecule has 1 atom stereocenters. The Kier molecular flexibility index (Phi) is 8.98. The Labute approximate surface area is 126 Å². The molecule has 0 aliphatic rings. The predicted octanol–water partition coefficient (Wildman–Crippen LogP) is 2.74. The minimum atomic E-state index is -0.680. The zero-order valence-corrected chi connectivity index (χ0v) is 12.9. The molecule has 0 heterocycles. The summed E-state index contributed by atoms with van der Waals surface area (Å²) in [5.74, 6) is -0.321. The molecule has 120 valence electrons. The van der Waals surface area contributed by atoms with Crippen LogP contribution in [0.25, 0.3) is 0 Å². The molecule has 1 aromatic carbocycles. The number of aryl methyl sites for hydroxylation is 1. The van der Waals surface area contributed by atoms with E-state index in [4.69, 9.17) is 9.47 Å². The second kappa shape index (κ2) is 10.5.